The minimum absolute atomic E-state index is 0.0306. The summed E-state index contributed by atoms with van der Waals surface area (Å²) in [7, 11) is 1.60. The lowest BCUT2D eigenvalue weighted by molar-refractivity contribution is -0.133. The standard InChI is InChI=1S/C19H20F2N2O2/c1-25-18-5-3-2-4-14(18)17-12-22-8-9-23(17)19(24)11-13-6-7-15(20)16(21)10-13/h2-7,10,17,22H,8-9,11-12H2,1H3. The van der Waals surface area contributed by atoms with Gasteiger partial charge < -0.3 is 15.0 Å². The Hall–Kier alpha value is -2.47. The molecule has 1 unspecified atom stereocenters. The quantitative estimate of drug-likeness (QED) is 0.926. The highest BCUT2D eigenvalue weighted by molar-refractivity contribution is 5.79. The van der Waals surface area contributed by atoms with Crippen LogP contribution in [-0.4, -0.2) is 37.6 Å². The van der Waals surface area contributed by atoms with E-state index < -0.39 is 11.6 Å². The van der Waals surface area contributed by atoms with Gasteiger partial charge in [0.2, 0.25) is 5.91 Å². The maximum Gasteiger partial charge on any atom is 0.227 e. The third kappa shape index (κ3) is 3.79. The van der Waals surface area contributed by atoms with Gasteiger partial charge in [0, 0.05) is 25.2 Å². The summed E-state index contributed by atoms with van der Waals surface area (Å²) in [4.78, 5) is 14.6. The molecule has 0 radical (unpaired) electrons. The van der Waals surface area contributed by atoms with Crippen molar-refractivity contribution in [3.63, 3.8) is 0 Å². The highest BCUT2D eigenvalue weighted by atomic mass is 19.2. The van der Waals surface area contributed by atoms with Crippen molar-refractivity contribution < 1.29 is 18.3 Å². The van der Waals surface area contributed by atoms with Gasteiger partial charge >= 0.3 is 0 Å². The van der Waals surface area contributed by atoms with Crippen molar-refractivity contribution in [2.24, 2.45) is 0 Å². The molecule has 0 aromatic heterocycles. The van der Waals surface area contributed by atoms with Gasteiger partial charge in [-0.1, -0.05) is 24.3 Å². The van der Waals surface area contributed by atoms with Crippen LogP contribution in [0.2, 0.25) is 0 Å². The number of carbonyl (C=O) groups is 1. The Balaban J connectivity index is 1.82. The summed E-state index contributed by atoms with van der Waals surface area (Å²) >= 11 is 0. The number of piperazine rings is 1. The lowest BCUT2D eigenvalue weighted by Crippen LogP contribution is -2.49. The van der Waals surface area contributed by atoms with Gasteiger partial charge in [-0.25, -0.2) is 8.78 Å². The molecule has 6 heteroatoms. The molecule has 1 saturated heterocycles. The molecule has 3 rings (SSSR count). The zero-order valence-corrected chi connectivity index (χ0v) is 14.0. The molecule has 1 aliphatic heterocycles. The van der Waals surface area contributed by atoms with Gasteiger partial charge in [-0.05, 0) is 23.8 Å². The predicted octanol–water partition coefficient (Wildman–Crippen LogP) is 2.69. The van der Waals surface area contributed by atoms with Crippen molar-refractivity contribution in [1.82, 2.24) is 10.2 Å². The van der Waals surface area contributed by atoms with E-state index in [2.05, 4.69) is 5.32 Å². The molecular formula is C19H20F2N2O2. The van der Waals surface area contributed by atoms with Gasteiger partial charge in [-0.2, -0.15) is 0 Å². The van der Waals surface area contributed by atoms with Crippen molar-refractivity contribution in [2.75, 3.05) is 26.7 Å². The van der Waals surface area contributed by atoms with Crippen LogP contribution >= 0.6 is 0 Å². The van der Waals surface area contributed by atoms with Crippen LogP contribution in [0.3, 0.4) is 0 Å². The summed E-state index contributed by atoms with van der Waals surface area (Å²) < 4.78 is 31.9. The number of halogens is 2. The molecule has 1 N–H and O–H groups in total. The monoisotopic (exact) mass is 346 g/mol. The summed E-state index contributed by atoms with van der Waals surface area (Å²) in [6, 6.07) is 11.0. The maximum atomic E-state index is 13.4. The SMILES string of the molecule is COc1ccccc1C1CNCCN1C(=O)Cc1ccc(F)c(F)c1. The van der Waals surface area contributed by atoms with Crippen LogP contribution in [0.4, 0.5) is 8.78 Å². The summed E-state index contributed by atoms with van der Waals surface area (Å²) in [5.41, 5.74) is 1.39. The second-order valence-corrected chi connectivity index (χ2v) is 5.97. The van der Waals surface area contributed by atoms with Crippen molar-refractivity contribution >= 4 is 5.91 Å². The van der Waals surface area contributed by atoms with E-state index in [-0.39, 0.29) is 18.4 Å². The molecule has 2 aromatic rings. The third-order valence-corrected chi connectivity index (χ3v) is 4.40. The van der Waals surface area contributed by atoms with Crippen LogP contribution < -0.4 is 10.1 Å². The molecule has 1 amide bonds. The van der Waals surface area contributed by atoms with Crippen LogP contribution in [0.25, 0.3) is 0 Å². The smallest absolute Gasteiger partial charge is 0.227 e. The molecular weight excluding hydrogens is 326 g/mol. The van der Waals surface area contributed by atoms with Crippen LogP contribution in [0.15, 0.2) is 42.5 Å². The van der Waals surface area contributed by atoms with E-state index in [1.165, 1.54) is 6.07 Å². The average molecular weight is 346 g/mol. The summed E-state index contributed by atoms with van der Waals surface area (Å²) in [6.07, 6.45) is 0.0306. The zero-order chi connectivity index (χ0) is 17.8. The van der Waals surface area contributed by atoms with Crippen LogP contribution in [0, 0.1) is 11.6 Å². The van der Waals surface area contributed by atoms with Crippen molar-refractivity contribution in [3.05, 3.63) is 65.2 Å². The van der Waals surface area contributed by atoms with E-state index in [1.807, 2.05) is 24.3 Å². The van der Waals surface area contributed by atoms with Gasteiger partial charge in [0.1, 0.15) is 5.75 Å². The number of hydrogen-bond acceptors (Lipinski definition) is 3. The second-order valence-electron chi connectivity index (χ2n) is 5.97. The molecule has 132 valence electrons. The molecule has 1 heterocycles. The lowest BCUT2D eigenvalue weighted by atomic mass is 10.0. The first-order chi connectivity index (χ1) is 12.1. The largest absolute Gasteiger partial charge is 0.496 e. The average Bonchev–Trinajstić information content (AvgIpc) is 2.64. The molecule has 0 saturated carbocycles. The van der Waals surface area contributed by atoms with Gasteiger partial charge in [0.15, 0.2) is 11.6 Å². The molecule has 1 aliphatic rings. The fourth-order valence-corrected chi connectivity index (χ4v) is 3.15. The molecule has 4 nitrogen and oxygen atoms in total. The summed E-state index contributed by atoms with van der Waals surface area (Å²) in [6.45, 7) is 1.85. The van der Waals surface area contributed by atoms with Gasteiger partial charge in [0.05, 0.1) is 19.6 Å². The molecule has 1 atom stereocenters. The molecule has 0 spiro atoms. The number of benzene rings is 2. The molecule has 25 heavy (non-hydrogen) atoms. The fraction of sp³-hybridized carbons (Fsp3) is 0.316. The minimum atomic E-state index is -0.938. The topological polar surface area (TPSA) is 41.6 Å². The Bertz CT molecular complexity index is 767. The lowest BCUT2D eigenvalue weighted by Gasteiger charge is -2.37. The predicted molar refractivity (Wildman–Crippen MR) is 90.4 cm³/mol. The van der Waals surface area contributed by atoms with Crippen molar-refractivity contribution in [3.8, 4) is 5.75 Å². The Labute approximate surface area is 145 Å². The maximum absolute atomic E-state index is 13.4. The van der Waals surface area contributed by atoms with E-state index in [9.17, 15) is 13.6 Å². The van der Waals surface area contributed by atoms with Gasteiger partial charge in [0.25, 0.3) is 0 Å². The molecule has 2 aromatic carbocycles. The number of carbonyl (C=O) groups excluding carboxylic acids is 1. The number of nitrogens with zero attached hydrogens (tertiary/aromatic N) is 1. The Morgan fingerprint density at radius 3 is 2.80 bits per heavy atom. The number of ether oxygens (including phenoxy) is 1. The summed E-state index contributed by atoms with van der Waals surface area (Å²) in [5, 5.41) is 3.29. The van der Waals surface area contributed by atoms with Crippen molar-refractivity contribution in [2.45, 2.75) is 12.5 Å². The number of amides is 1. The first kappa shape index (κ1) is 17.4. The second kappa shape index (κ2) is 7.61. The number of para-hydroxylation sites is 1. The van der Waals surface area contributed by atoms with E-state index in [0.29, 0.717) is 25.2 Å². The third-order valence-electron chi connectivity index (χ3n) is 4.40. The van der Waals surface area contributed by atoms with E-state index >= 15 is 0 Å². The van der Waals surface area contributed by atoms with Gasteiger partial charge in [-0.15, -0.1) is 0 Å². The number of rotatable bonds is 4. The molecule has 1 fully saturated rings. The number of hydrogen-bond donors (Lipinski definition) is 1. The van der Waals surface area contributed by atoms with E-state index in [4.69, 9.17) is 4.74 Å². The van der Waals surface area contributed by atoms with Gasteiger partial charge in [-0.3, -0.25) is 4.79 Å². The van der Waals surface area contributed by atoms with Crippen molar-refractivity contribution in [1.29, 1.82) is 0 Å². The Morgan fingerprint density at radius 1 is 1.24 bits per heavy atom. The highest BCUT2D eigenvalue weighted by Gasteiger charge is 2.29. The molecule has 0 aliphatic carbocycles. The first-order valence-electron chi connectivity index (χ1n) is 8.17. The highest BCUT2D eigenvalue weighted by Crippen LogP contribution is 2.30. The fourth-order valence-electron chi connectivity index (χ4n) is 3.15. The van der Waals surface area contributed by atoms with Crippen LogP contribution in [-0.2, 0) is 11.2 Å². The van der Waals surface area contributed by atoms with Crippen LogP contribution in [0.1, 0.15) is 17.2 Å². The van der Waals surface area contributed by atoms with E-state index in [1.54, 1.807) is 12.0 Å². The zero-order valence-electron chi connectivity index (χ0n) is 14.0. The van der Waals surface area contributed by atoms with Crippen LogP contribution in [0.5, 0.6) is 5.75 Å². The Morgan fingerprint density at radius 2 is 2.04 bits per heavy atom. The molecule has 0 bridgehead atoms. The Kier molecular flexibility index (Phi) is 5.28. The van der Waals surface area contributed by atoms with E-state index in [0.717, 1.165) is 23.4 Å². The normalized spacial score (nSPS) is 17.4. The minimum Gasteiger partial charge on any atom is -0.496 e. The summed E-state index contributed by atoms with van der Waals surface area (Å²) in [5.74, 6) is -1.25. The number of nitrogens with one attached hydrogen (secondary N) is 1. The number of methoxy groups -OCH3 is 1. The first-order valence-corrected chi connectivity index (χ1v) is 8.17.